The molecule has 2 aromatic heterocycles. The highest BCUT2D eigenvalue weighted by Gasteiger charge is 2.30. The molecule has 0 aliphatic heterocycles. The summed E-state index contributed by atoms with van der Waals surface area (Å²) in [7, 11) is 0. The highest BCUT2D eigenvalue weighted by Crippen LogP contribution is 2.29. The summed E-state index contributed by atoms with van der Waals surface area (Å²) in [6, 6.07) is 2.16. The fourth-order valence-electron chi connectivity index (χ4n) is 1.67. The van der Waals surface area contributed by atoms with Crippen LogP contribution in [-0.4, -0.2) is 20.1 Å². The number of aryl methyl sites for hydroxylation is 2. The normalized spacial score (nSPS) is 11.6. The lowest BCUT2D eigenvalue weighted by Crippen LogP contribution is -2.14. The van der Waals surface area contributed by atoms with Gasteiger partial charge in [-0.15, -0.1) is 9.94 Å². The summed E-state index contributed by atoms with van der Waals surface area (Å²) < 4.78 is 37.5. The molecule has 0 saturated heterocycles. The molecule has 5 nitrogen and oxygen atoms in total. The van der Waals surface area contributed by atoms with E-state index in [1.54, 1.807) is 0 Å². The van der Waals surface area contributed by atoms with Crippen LogP contribution in [0, 0.1) is 0 Å². The number of rotatable bonds is 3. The van der Waals surface area contributed by atoms with Crippen molar-refractivity contribution in [1.82, 2.24) is 14.9 Å². The Hall–Kier alpha value is -2.38. The molecule has 2 rings (SSSR count). The zero-order valence-electron chi connectivity index (χ0n) is 10.1. The molecule has 20 heavy (non-hydrogen) atoms. The molecule has 1 N–H and O–H groups in total. The van der Waals surface area contributed by atoms with Crippen LogP contribution in [0.5, 0.6) is 0 Å². The summed E-state index contributed by atoms with van der Waals surface area (Å²) in [4.78, 5) is 15.2. The minimum Gasteiger partial charge on any atom is -0.411 e. The summed E-state index contributed by atoms with van der Waals surface area (Å²) in [6.07, 6.45) is -1.09. The van der Waals surface area contributed by atoms with E-state index in [0.717, 1.165) is 18.5 Å². The molecule has 0 aliphatic rings. The molecule has 0 bridgehead atoms. The fraction of sp³-hybridized carbons (Fsp3) is 0.250. The first-order valence-electron chi connectivity index (χ1n) is 5.65. The van der Waals surface area contributed by atoms with E-state index in [-0.39, 0.29) is 24.0 Å². The second-order valence-electron chi connectivity index (χ2n) is 4.15. The molecule has 0 spiro atoms. The maximum atomic E-state index is 12.5. The average Bonchev–Trinajstić information content (AvgIpc) is 2.39. The van der Waals surface area contributed by atoms with E-state index in [4.69, 9.17) is 0 Å². The van der Waals surface area contributed by atoms with E-state index in [1.165, 1.54) is 12.3 Å². The van der Waals surface area contributed by atoms with E-state index < -0.39 is 11.7 Å². The Morgan fingerprint density at radius 3 is 2.60 bits per heavy atom. The minimum absolute atomic E-state index is 0.169. The molecule has 0 fully saturated rings. The Labute approximate surface area is 111 Å². The van der Waals surface area contributed by atoms with Crippen molar-refractivity contribution in [2.24, 2.45) is 0 Å². The van der Waals surface area contributed by atoms with Crippen LogP contribution in [0.15, 0.2) is 35.5 Å². The highest BCUT2D eigenvalue weighted by molar-refractivity contribution is 5.21. The van der Waals surface area contributed by atoms with Gasteiger partial charge in [-0.25, -0.2) is 0 Å². The molecule has 0 amide bonds. The van der Waals surface area contributed by atoms with Gasteiger partial charge in [-0.1, -0.05) is 0 Å². The Morgan fingerprint density at radius 1 is 1.15 bits per heavy atom. The third-order valence-electron chi connectivity index (χ3n) is 2.65. The number of halogens is 3. The van der Waals surface area contributed by atoms with Crippen molar-refractivity contribution in [3.05, 3.63) is 57.8 Å². The zero-order valence-corrected chi connectivity index (χ0v) is 10.1. The topological polar surface area (TPSA) is 68.0 Å². The van der Waals surface area contributed by atoms with Crippen molar-refractivity contribution in [2.45, 2.75) is 19.0 Å². The first kappa shape index (κ1) is 14.0. The van der Waals surface area contributed by atoms with Crippen molar-refractivity contribution < 1.29 is 18.4 Å². The van der Waals surface area contributed by atoms with Crippen molar-refractivity contribution >= 4 is 0 Å². The van der Waals surface area contributed by atoms with Crippen LogP contribution >= 0.6 is 0 Å². The SMILES string of the molecule is O=c1cnn(O)c(CCc2cncc(C(F)(F)F)c2)c1. The van der Waals surface area contributed by atoms with Gasteiger partial charge in [0.25, 0.3) is 0 Å². The number of hydrogen-bond donors (Lipinski definition) is 1. The van der Waals surface area contributed by atoms with Gasteiger partial charge < -0.3 is 5.21 Å². The predicted molar refractivity (Wildman–Crippen MR) is 62.3 cm³/mol. The fourth-order valence-corrected chi connectivity index (χ4v) is 1.67. The van der Waals surface area contributed by atoms with Gasteiger partial charge in [0.1, 0.15) is 0 Å². The minimum atomic E-state index is -4.45. The molecule has 0 saturated carbocycles. The van der Waals surface area contributed by atoms with Crippen LogP contribution in [0.4, 0.5) is 13.2 Å². The predicted octanol–water partition coefficient (Wildman–Crippen LogP) is 1.68. The average molecular weight is 285 g/mol. The zero-order chi connectivity index (χ0) is 14.8. The molecule has 0 unspecified atom stereocenters. The van der Waals surface area contributed by atoms with Gasteiger partial charge in [0, 0.05) is 18.5 Å². The smallest absolute Gasteiger partial charge is 0.411 e. The summed E-state index contributed by atoms with van der Waals surface area (Å²) in [5.74, 6) is 0. The van der Waals surface area contributed by atoms with Crippen LogP contribution < -0.4 is 5.43 Å². The molecule has 0 atom stereocenters. The second-order valence-corrected chi connectivity index (χ2v) is 4.15. The van der Waals surface area contributed by atoms with Gasteiger partial charge in [0.15, 0.2) is 0 Å². The summed E-state index contributed by atoms with van der Waals surface area (Å²) in [5.41, 5.74) is -0.638. The van der Waals surface area contributed by atoms with Gasteiger partial charge in [0.05, 0.1) is 17.5 Å². The van der Waals surface area contributed by atoms with Crippen LogP contribution in [0.3, 0.4) is 0 Å². The van der Waals surface area contributed by atoms with Crippen molar-refractivity contribution in [3.63, 3.8) is 0 Å². The van der Waals surface area contributed by atoms with Crippen LogP contribution in [-0.2, 0) is 19.0 Å². The Morgan fingerprint density at radius 2 is 1.90 bits per heavy atom. The number of alkyl halides is 3. The largest absolute Gasteiger partial charge is 0.417 e. The van der Waals surface area contributed by atoms with E-state index >= 15 is 0 Å². The third kappa shape index (κ3) is 3.34. The number of hydrogen-bond acceptors (Lipinski definition) is 4. The van der Waals surface area contributed by atoms with E-state index in [9.17, 15) is 23.2 Å². The van der Waals surface area contributed by atoms with Gasteiger partial charge in [-0.2, -0.15) is 13.2 Å². The molecule has 0 radical (unpaired) electrons. The van der Waals surface area contributed by atoms with Crippen LogP contribution in [0.25, 0.3) is 0 Å². The second kappa shape index (κ2) is 5.32. The van der Waals surface area contributed by atoms with E-state index in [2.05, 4.69) is 10.1 Å². The molecular formula is C12H10F3N3O2. The van der Waals surface area contributed by atoms with Gasteiger partial charge in [-0.05, 0) is 24.5 Å². The standard InChI is InChI=1S/C12H10F3N3O2/c13-12(14,15)9-3-8(5-16-6-9)1-2-10-4-11(19)7-17-18(10)20/h3-7,20H,1-2H2. The first-order valence-corrected chi connectivity index (χ1v) is 5.65. The molecule has 0 aromatic carbocycles. The Bertz CT molecular complexity index is 667. The summed E-state index contributed by atoms with van der Waals surface area (Å²) >= 11 is 0. The first-order chi connectivity index (χ1) is 9.36. The quantitative estimate of drug-likeness (QED) is 0.871. The molecule has 2 aromatic rings. The maximum absolute atomic E-state index is 12.5. The van der Waals surface area contributed by atoms with Crippen molar-refractivity contribution in [1.29, 1.82) is 0 Å². The molecule has 106 valence electrons. The van der Waals surface area contributed by atoms with Gasteiger partial charge in [0.2, 0.25) is 5.43 Å². The molecule has 8 heteroatoms. The van der Waals surface area contributed by atoms with Crippen LogP contribution in [0.2, 0.25) is 0 Å². The van der Waals surface area contributed by atoms with Gasteiger partial charge >= 0.3 is 6.18 Å². The summed E-state index contributed by atoms with van der Waals surface area (Å²) in [6.45, 7) is 0. The van der Waals surface area contributed by atoms with Gasteiger partial charge in [-0.3, -0.25) is 9.78 Å². The van der Waals surface area contributed by atoms with E-state index in [1.807, 2.05) is 0 Å². The van der Waals surface area contributed by atoms with Crippen LogP contribution in [0.1, 0.15) is 16.8 Å². The number of nitrogens with zero attached hydrogens (tertiary/aromatic N) is 3. The summed E-state index contributed by atoms with van der Waals surface area (Å²) in [5, 5.41) is 12.8. The molecule has 2 heterocycles. The number of pyridine rings is 1. The maximum Gasteiger partial charge on any atom is 0.417 e. The molecule has 0 aliphatic carbocycles. The monoisotopic (exact) mass is 285 g/mol. The van der Waals surface area contributed by atoms with Crippen molar-refractivity contribution in [3.8, 4) is 0 Å². The Kier molecular flexibility index (Phi) is 3.73. The third-order valence-corrected chi connectivity index (χ3v) is 2.65. The Balaban J connectivity index is 2.15. The lowest BCUT2D eigenvalue weighted by molar-refractivity contribution is -0.137. The number of aromatic nitrogens is 3. The lowest BCUT2D eigenvalue weighted by atomic mass is 10.1. The molecular weight excluding hydrogens is 275 g/mol. The highest BCUT2D eigenvalue weighted by atomic mass is 19.4. The van der Waals surface area contributed by atoms with E-state index in [0.29, 0.717) is 10.4 Å². The van der Waals surface area contributed by atoms with Crippen molar-refractivity contribution in [2.75, 3.05) is 0 Å². The lowest BCUT2D eigenvalue weighted by Gasteiger charge is -2.08.